The van der Waals surface area contributed by atoms with E-state index in [-0.39, 0.29) is 11.9 Å². The van der Waals surface area contributed by atoms with Crippen LogP contribution in [0.2, 0.25) is 0 Å². The maximum absolute atomic E-state index is 13.2. The van der Waals surface area contributed by atoms with E-state index in [0.29, 0.717) is 11.5 Å². The molecule has 0 radical (unpaired) electrons. The summed E-state index contributed by atoms with van der Waals surface area (Å²) < 4.78 is 5.70. The van der Waals surface area contributed by atoms with Gasteiger partial charge in [0.1, 0.15) is 0 Å². The molecule has 3 aromatic carbocycles. The summed E-state index contributed by atoms with van der Waals surface area (Å²) in [5, 5.41) is 11.6. The number of hydrogen-bond donors (Lipinski definition) is 1. The van der Waals surface area contributed by atoms with Gasteiger partial charge in [-0.25, -0.2) is 4.98 Å². The van der Waals surface area contributed by atoms with E-state index in [2.05, 4.69) is 15.5 Å². The van der Waals surface area contributed by atoms with Gasteiger partial charge < -0.3 is 4.42 Å². The summed E-state index contributed by atoms with van der Waals surface area (Å²) in [5.74, 6) is 0.0220. The number of pyridine rings is 1. The number of aromatic nitrogens is 3. The second-order valence-corrected chi connectivity index (χ2v) is 7.12. The lowest BCUT2D eigenvalue weighted by Crippen LogP contribution is -2.13. The van der Waals surface area contributed by atoms with Gasteiger partial charge in [-0.3, -0.25) is 10.1 Å². The lowest BCUT2D eigenvalue weighted by atomic mass is 10.0. The second-order valence-electron chi connectivity index (χ2n) is 7.12. The van der Waals surface area contributed by atoms with Crippen LogP contribution in [0.4, 0.5) is 6.01 Å². The third-order valence-corrected chi connectivity index (χ3v) is 5.05. The number of carbonyl (C=O) groups is 1. The number of nitrogens with one attached hydrogen (secondary N) is 1. The smallest absolute Gasteiger partial charge is 0.322 e. The Morgan fingerprint density at radius 2 is 1.61 bits per heavy atom. The Balaban J connectivity index is 1.51. The first-order valence-electron chi connectivity index (χ1n) is 9.85. The quantitative estimate of drug-likeness (QED) is 0.425. The highest BCUT2D eigenvalue weighted by Crippen LogP contribution is 2.27. The molecule has 0 bridgehead atoms. The van der Waals surface area contributed by atoms with Crippen LogP contribution in [0.1, 0.15) is 15.9 Å². The summed E-state index contributed by atoms with van der Waals surface area (Å²) in [6.45, 7) is 1.96. The van der Waals surface area contributed by atoms with E-state index in [9.17, 15) is 4.79 Å². The Morgan fingerprint density at radius 3 is 2.45 bits per heavy atom. The Hall–Kier alpha value is -4.32. The average molecular weight is 406 g/mol. The zero-order chi connectivity index (χ0) is 21.2. The summed E-state index contributed by atoms with van der Waals surface area (Å²) in [5.41, 5.74) is 4.71. The molecule has 2 heterocycles. The number of fused-ring (bicyclic) bond motifs is 1. The molecule has 0 aliphatic rings. The monoisotopic (exact) mass is 406 g/mol. The summed E-state index contributed by atoms with van der Waals surface area (Å²) in [6, 6.07) is 26.8. The Morgan fingerprint density at radius 1 is 0.871 bits per heavy atom. The number of nitrogens with zero attached hydrogens (tertiary/aromatic N) is 3. The highest BCUT2D eigenvalue weighted by molar-refractivity contribution is 6.12. The SMILES string of the molecule is Cc1ccccc1-c1nnc(NC(=O)c2cc(-c3ccccc3)nc3ccccc23)o1. The number of carbonyl (C=O) groups excluding carboxylic acids is 1. The minimum atomic E-state index is -0.337. The van der Waals surface area contributed by atoms with E-state index < -0.39 is 0 Å². The van der Waals surface area contributed by atoms with Gasteiger partial charge in [-0.1, -0.05) is 71.8 Å². The largest absolute Gasteiger partial charge is 0.403 e. The minimum absolute atomic E-state index is 0.0467. The molecule has 1 N–H and O–H groups in total. The van der Waals surface area contributed by atoms with E-state index in [0.717, 1.165) is 33.3 Å². The van der Waals surface area contributed by atoms with E-state index in [1.165, 1.54) is 0 Å². The predicted octanol–water partition coefficient (Wildman–Crippen LogP) is 5.51. The first kappa shape index (κ1) is 18.7. The van der Waals surface area contributed by atoms with Crippen LogP contribution in [0.15, 0.2) is 89.3 Å². The minimum Gasteiger partial charge on any atom is -0.403 e. The molecular formula is C25H18N4O2. The van der Waals surface area contributed by atoms with Gasteiger partial charge in [-0.2, -0.15) is 0 Å². The fourth-order valence-corrected chi connectivity index (χ4v) is 3.48. The fraction of sp³-hybridized carbons (Fsp3) is 0.0400. The van der Waals surface area contributed by atoms with Crippen molar-refractivity contribution < 1.29 is 9.21 Å². The molecule has 1 amide bonds. The first-order valence-corrected chi connectivity index (χ1v) is 9.85. The topological polar surface area (TPSA) is 80.9 Å². The van der Waals surface area contributed by atoms with Crippen LogP contribution in [-0.2, 0) is 0 Å². The normalized spacial score (nSPS) is 10.9. The molecule has 0 saturated heterocycles. The van der Waals surface area contributed by atoms with Crippen LogP contribution in [0.3, 0.4) is 0 Å². The molecule has 0 spiro atoms. The molecule has 0 aliphatic heterocycles. The summed E-state index contributed by atoms with van der Waals surface area (Å²) in [7, 11) is 0. The first-order chi connectivity index (χ1) is 15.2. The molecule has 150 valence electrons. The lowest BCUT2D eigenvalue weighted by molar-refractivity contribution is 0.102. The van der Waals surface area contributed by atoms with Gasteiger partial charge in [0.2, 0.25) is 5.89 Å². The van der Waals surface area contributed by atoms with Crippen LogP contribution in [-0.4, -0.2) is 21.1 Å². The third-order valence-electron chi connectivity index (χ3n) is 5.05. The van der Waals surface area contributed by atoms with Gasteiger partial charge in [-0.05, 0) is 30.7 Å². The van der Waals surface area contributed by atoms with Gasteiger partial charge in [0.25, 0.3) is 5.91 Å². The van der Waals surface area contributed by atoms with Crippen LogP contribution in [0.25, 0.3) is 33.6 Å². The van der Waals surface area contributed by atoms with Gasteiger partial charge in [0.15, 0.2) is 0 Å². The number of para-hydroxylation sites is 1. The lowest BCUT2D eigenvalue weighted by Gasteiger charge is -2.09. The maximum atomic E-state index is 13.2. The van der Waals surface area contributed by atoms with E-state index >= 15 is 0 Å². The zero-order valence-corrected chi connectivity index (χ0v) is 16.7. The Kier molecular flexibility index (Phi) is 4.72. The second kappa shape index (κ2) is 7.84. The van der Waals surface area contributed by atoms with Gasteiger partial charge >= 0.3 is 6.01 Å². The molecule has 0 fully saturated rings. The molecule has 5 aromatic rings. The van der Waals surface area contributed by atoms with Crippen molar-refractivity contribution in [3.05, 3.63) is 96.1 Å². The van der Waals surface area contributed by atoms with E-state index in [1.807, 2.05) is 85.8 Å². The number of amides is 1. The van der Waals surface area contributed by atoms with Crippen molar-refractivity contribution in [1.29, 1.82) is 0 Å². The number of benzene rings is 3. The zero-order valence-electron chi connectivity index (χ0n) is 16.7. The highest BCUT2D eigenvalue weighted by Gasteiger charge is 2.17. The van der Waals surface area contributed by atoms with Crippen molar-refractivity contribution >= 4 is 22.8 Å². The molecule has 0 atom stereocenters. The standard InChI is InChI=1S/C25H18N4O2/c1-16-9-5-6-12-18(16)24-28-29-25(31-24)27-23(30)20-15-22(17-10-3-2-4-11-17)26-21-14-8-7-13-19(20)21/h2-15H,1H3,(H,27,29,30). The number of hydrogen-bond acceptors (Lipinski definition) is 5. The Labute approximate surface area is 178 Å². The van der Waals surface area contributed by atoms with Crippen molar-refractivity contribution in [2.45, 2.75) is 6.92 Å². The molecule has 6 nitrogen and oxygen atoms in total. The van der Waals surface area contributed by atoms with Crippen LogP contribution in [0.5, 0.6) is 0 Å². The molecule has 31 heavy (non-hydrogen) atoms. The number of anilines is 1. The molecule has 5 rings (SSSR count). The van der Waals surface area contributed by atoms with E-state index in [4.69, 9.17) is 9.40 Å². The molecular weight excluding hydrogens is 388 g/mol. The third kappa shape index (κ3) is 3.67. The number of aryl methyl sites for hydroxylation is 1. The summed E-state index contributed by atoms with van der Waals surface area (Å²) in [6.07, 6.45) is 0. The van der Waals surface area contributed by atoms with Crippen molar-refractivity contribution in [2.75, 3.05) is 5.32 Å². The highest BCUT2D eigenvalue weighted by atomic mass is 16.4. The summed E-state index contributed by atoms with van der Waals surface area (Å²) >= 11 is 0. The molecule has 0 saturated carbocycles. The summed E-state index contributed by atoms with van der Waals surface area (Å²) in [4.78, 5) is 17.9. The van der Waals surface area contributed by atoms with Crippen LogP contribution in [0, 0.1) is 6.92 Å². The van der Waals surface area contributed by atoms with E-state index in [1.54, 1.807) is 6.07 Å². The van der Waals surface area contributed by atoms with Crippen molar-refractivity contribution in [1.82, 2.24) is 15.2 Å². The average Bonchev–Trinajstić information content (AvgIpc) is 3.27. The number of rotatable bonds is 4. The van der Waals surface area contributed by atoms with Gasteiger partial charge in [0, 0.05) is 16.5 Å². The van der Waals surface area contributed by atoms with Crippen molar-refractivity contribution in [3.63, 3.8) is 0 Å². The fourth-order valence-electron chi connectivity index (χ4n) is 3.48. The van der Waals surface area contributed by atoms with Crippen molar-refractivity contribution in [2.24, 2.45) is 0 Å². The molecule has 2 aromatic heterocycles. The molecule has 6 heteroatoms. The maximum Gasteiger partial charge on any atom is 0.322 e. The van der Waals surface area contributed by atoms with Gasteiger partial charge in [0.05, 0.1) is 16.8 Å². The Bertz CT molecular complexity index is 1390. The van der Waals surface area contributed by atoms with Gasteiger partial charge in [-0.15, -0.1) is 5.10 Å². The molecule has 0 aliphatic carbocycles. The molecule has 0 unspecified atom stereocenters. The van der Waals surface area contributed by atoms with Crippen LogP contribution < -0.4 is 5.32 Å². The predicted molar refractivity (Wildman–Crippen MR) is 120 cm³/mol. The van der Waals surface area contributed by atoms with Crippen LogP contribution >= 0.6 is 0 Å². The van der Waals surface area contributed by atoms with Crippen molar-refractivity contribution in [3.8, 4) is 22.7 Å².